The van der Waals surface area contributed by atoms with Crippen molar-refractivity contribution in [1.29, 1.82) is 0 Å². The van der Waals surface area contributed by atoms with Crippen LogP contribution in [0.1, 0.15) is 11.1 Å². The first-order chi connectivity index (χ1) is 13.0. The Hall–Kier alpha value is -3.20. The van der Waals surface area contributed by atoms with Gasteiger partial charge in [0.25, 0.3) is 5.69 Å². The molecule has 8 nitrogen and oxygen atoms in total. The van der Waals surface area contributed by atoms with Crippen molar-refractivity contribution in [3.05, 3.63) is 69.8 Å². The number of amides is 1. The summed E-state index contributed by atoms with van der Waals surface area (Å²) in [5.74, 6) is 0.639. The number of ether oxygens (including phenoxy) is 1. The number of carbonyl (C=O) groups is 1. The summed E-state index contributed by atoms with van der Waals surface area (Å²) < 4.78 is 5.12. The van der Waals surface area contributed by atoms with Crippen LogP contribution in [0.2, 0.25) is 0 Å². The van der Waals surface area contributed by atoms with Gasteiger partial charge in [-0.2, -0.15) is 5.10 Å². The highest BCUT2D eigenvalue weighted by Gasteiger charge is 2.30. The fraction of sp³-hybridized carbons (Fsp3) is 0.167. The molecule has 1 atom stereocenters. The number of nitrogens with zero attached hydrogens (tertiary/aromatic N) is 3. The Morgan fingerprint density at radius 1 is 1.30 bits per heavy atom. The Morgan fingerprint density at radius 3 is 2.78 bits per heavy atom. The number of non-ortho nitro benzene ring substituents is 1. The van der Waals surface area contributed by atoms with E-state index in [0.29, 0.717) is 17.2 Å². The molecule has 0 radical (unpaired) electrons. The van der Waals surface area contributed by atoms with Gasteiger partial charge < -0.3 is 10.1 Å². The summed E-state index contributed by atoms with van der Waals surface area (Å²) in [6, 6.07) is 13.6. The molecule has 1 unspecified atom stereocenters. The van der Waals surface area contributed by atoms with Crippen LogP contribution < -0.4 is 10.1 Å². The Bertz CT molecular complexity index is 912. The second-order valence-corrected chi connectivity index (χ2v) is 6.84. The zero-order valence-electron chi connectivity index (χ0n) is 14.4. The van der Waals surface area contributed by atoms with Crippen LogP contribution in [-0.2, 0) is 11.2 Å². The molecule has 0 aromatic heterocycles. The maximum atomic E-state index is 12.1. The van der Waals surface area contributed by atoms with Gasteiger partial charge in [0.2, 0.25) is 5.91 Å². The predicted molar refractivity (Wildman–Crippen MR) is 104 cm³/mol. The number of rotatable bonds is 6. The first-order valence-electron chi connectivity index (χ1n) is 8.01. The summed E-state index contributed by atoms with van der Waals surface area (Å²) in [6.07, 6.45) is 1.97. The maximum absolute atomic E-state index is 12.1. The van der Waals surface area contributed by atoms with E-state index in [1.165, 1.54) is 30.1 Å². The number of thioether (sulfide) groups is 1. The molecule has 2 aromatic carbocycles. The average molecular weight is 384 g/mol. The van der Waals surface area contributed by atoms with E-state index in [1.54, 1.807) is 19.2 Å². The third kappa shape index (κ3) is 4.91. The lowest BCUT2D eigenvalue weighted by Crippen LogP contribution is -2.25. The van der Waals surface area contributed by atoms with Crippen LogP contribution in [0.3, 0.4) is 0 Å². The molecule has 3 rings (SSSR count). The van der Waals surface area contributed by atoms with Crippen molar-refractivity contribution in [2.75, 3.05) is 7.11 Å². The van der Waals surface area contributed by atoms with E-state index >= 15 is 0 Å². The number of benzene rings is 2. The van der Waals surface area contributed by atoms with E-state index in [0.717, 1.165) is 11.3 Å². The number of methoxy groups -OCH3 is 1. The van der Waals surface area contributed by atoms with E-state index in [-0.39, 0.29) is 16.8 Å². The first kappa shape index (κ1) is 18.6. The molecular formula is C18H16N4O4S. The van der Waals surface area contributed by atoms with Crippen LogP contribution in [0.15, 0.2) is 58.7 Å². The Labute approximate surface area is 159 Å². The minimum absolute atomic E-state index is 0.0188. The molecule has 1 aliphatic heterocycles. The third-order valence-electron chi connectivity index (χ3n) is 3.79. The average Bonchev–Trinajstić information content (AvgIpc) is 3.02. The molecule has 1 saturated heterocycles. The van der Waals surface area contributed by atoms with Crippen LogP contribution in [0, 0.1) is 10.1 Å². The minimum atomic E-state index is -0.472. The van der Waals surface area contributed by atoms with Gasteiger partial charge in [-0.3, -0.25) is 14.9 Å². The van der Waals surface area contributed by atoms with Gasteiger partial charge >= 0.3 is 0 Å². The van der Waals surface area contributed by atoms with E-state index in [2.05, 4.69) is 15.5 Å². The highest BCUT2D eigenvalue weighted by atomic mass is 32.2. The predicted octanol–water partition coefficient (Wildman–Crippen LogP) is 2.77. The van der Waals surface area contributed by atoms with E-state index < -0.39 is 4.92 Å². The zero-order chi connectivity index (χ0) is 19.2. The molecule has 1 amide bonds. The van der Waals surface area contributed by atoms with Gasteiger partial charge in [0.1, 0.15) is 5.75 Å². The summed E-state index contributed by atoms with van der Waals surface area (Å²) in [5, 5.41) is 21.5. The molecule has 1 aliphatic rings. The summed E-state index contributed by atoms with van der Waals surface area (Å²) >= 11 is 1.30. The molecule has 9 heteroatoms. The number of nitro benzene ring substituents is 1. The Kier molecular flexibility index (Phi) is 5.82. The van der Waals surface area contributed by atoms with Gasteiger partial charge in [0, 0.05) is 17.7 Å². The van der Waals surface area contributed by atoms with E-state index in [9.17, 15) is 14.9 Å². The van der Waals surface area contributed by atoms with Crippen molar-refractivity contribution >= 4 is 34.7 Å². The van der Waals surface area contributed by atoms with E-state index in [1.807, 2.05) is 24.3 Å². The molecule has 0 aliphatic carbocycles. The van der Waals surface area contributed by atoms with Gasteiger partial charge in [-0.1, -0.05) is 36.0 Å². The van der Waals surface area contributed by atoms with Gasteiger partial charge in [-0.25, -0.2) is 0 Å². The van der Waals surface area contributed by atoms with Crippen molar-refractivity contribution in [3.63, 3.8) is 0 Å². The Morgan fingerprint density at radius 2 is 2.07 bits per heavy atom. The van der Waals surface area contributed by atoms with Crippen molar-refractivity contribution < 1.29 is 14.5 Å². The molecule has 0 spiro atoms. The first-order valence-corrected chi connectivity index (χ1v) is 8.89. The van der Waals surface area contributed by atoms with Crippen LogP contribution in [-0.4, -0.2) is 34.6 Å². The fourth-order valence-corrected chi connectivity index (χ4v) is 3.39. The largest absolute Gasteiger partial charge is 0.497 e. The van der Waals surface area contributed by atoms with Gasteiger partial charge in [0.05, 0.1) is 23.5 Å². The zero-order valence-corrected chi connectivity index (χ0v) is 15.2. The molecule has 138 valence electrons. The third-order valence-corrected chi connectivity index (χ3v) is 4.87. The van der Waals surface area contributed by atoms with Crippen molar-refractivity contribution in [1.82, 2.24) is 5.32 Å². The lowest BCUT2D eigenvalue weighted by molar-refractivity contribution is -0.384. The quantitative estimate of drug-likeness (QED) is 0.468. The molecule has 1 heterocycles. The monoisotopic (exact) mass is 384 g/mol. The maximum Gasteiger partial charge on any atom is 0.270 e. The minimum Gasteiger partial charge on any atom is -0.497 e. The molecule has 1 N–H and O–H groups in total. The number of hydrogen-bond acceptors (Lipinski definition) is 7. The molecule has 27 heavy (non-hydrogen) atoms. The molecule has 0 saturated carbocycles. The normalized spacial score (nSPS) is 18.0. The van der Waals surface area contributed by atoms with Crippen LogP contribution in [0.25, 0.3) is 0 Å². The molecule has 2 aromatic rings. The molecule has 1 fully saturated rings. The highest BCUT2D eigenvalue weighted by Crippen LogP contribution is 2.24. The second-order valence-electron chi connectivity index (χ2n) is 5.65. The van der Waals surface area contributed by atoms with E-state index in [4.69, 9.17) is 4.74 Å². The van der Waals surface area contributed by atoms with Crippen molar-refractivity contribution in [2.24, 2.45) is 10.2 Å². The summed E-state index contributed by atoms with van der Waals surface area (Å²) in [5.41, 5.74) is 1.55. The number of nitro groups is 1. The van der Waals surface area contributed by atoms with Crippen LogP contribution >= 0.6 is 11.8 Å². The lowest BCUT2D eigenvalue weighted by atomic mass is 10.1. The van der Waals surface area contributed by atoms with Crippen LogP contribution in [0.4, 0.5) is 5.69 Å². The topological polar surface area (TPSA) is 106 Å². The summed E-state index contributed by atoms with van der Waals surface area (Å²) in [7, 11) is 1.60. The second kappa shape index (κ2) is 8.45. The Balaban J connectivity index is 1.62. The van der Waals surface area contributed by atoms with Gasteiger partial charge in [-0.15, -0.1) is 5.10 Å². The van der Waals surface area contributed by atoms with Crippen molar-refractivity contribution in [3.8, 4) is 5.75 Å². The SMILES string of the molecule is COc1ccc(CC2SC(=NN=Cc3cccc([N+](=O)[O-])c3)NC2=O)cc1. The highest BCUT2D eigenvalue weighted by molar-refractivity contribution is 8.15. The molecule has 0 bridgehead atoms. The summed E-state index contributed by atoms with van der Waals surface area (Å²) in [6.45, 7) is 0. The fourth-order valence-electron chi connectivity index (χ4n) is 2.43. The lowest BCUT2D eigenvalue weighted by Gasteiger charge is -2.06. The number of carbonyl (C=O) groups excluding carboxylic acids is 1. The van der Waals surface area contributed by atoms with Crippen LogP contribution in [0.5, 0.6) is 5.75 Å². The standard InChI is InChI=1S/C18H16N4O4S/c1-26-15-7-5-12(6-8-15)10-16-17(23)20-18(27-16)21-19-11-13-3-2-4-14(9-13)22(24)25/h2-9,11,16H,10H2,1H3,(H,20,21,23). The van der Waals surface area contributed by atoms with Gasteiger partial charge in [0.15, 0.2) is 5.17 Å². The molecular weight excluding hydrogens is 368 g/mol. The van der Waals surface area contributed by atoms with Crippen molar-refractivity contribution in [2.45, 2.75) is 11.7 Å². The number of hydrogen-bond donors (Lipinski definition) is 1. The summed E-state index contributed by atoms with van der Waals surface area (Å²) in [4.78, 5) is 22.4. The number of nitrogens with one attached hydrogen (secondary N) is 1. The number of amidine groups is 1. The van der Waals surface area contributed by atoms with Gasteiger partial charge in [-0.05, 0) is 24.1 Å². The smallest absolute Gasteiger partial charge is 0.270 e.